The Kier molecular flexibility index (Phi) is 4.11. The quantitative estimate of drug-likeness (QED) is 0.881. The van der Waals surface area contributed by atoms with Gasteiger partial charge in [0, 0.05) is 0 Å². The van der Waals surface area contributed by atoms with E-state index in [1.54, 1.807) is 18.2 Å². The molecule has 2 N–H and O–H groups in total. The molecule has 82 valence electrons. The molecule has 0 unspecified atom stereocenters. The first-order valence-corrected chi connectivity index (χ1v) is 5.07. The van der Waals surface area contributed by atoms with Gasteiger partial charge in [0.15, 0.2) is 0 Å². The number of carboxylic acids is 1. The summed E-state index contributed by atoms with van der Waals surface area (Å²) in [5.41, 5.74) is 0.525. The van der Waals surface area contributed by atoms with Crippen LogP contribution in [-0.4, -0.2) is 23.3 Å². The highest BCUT2D eigenvalue weighted by molar-refractivity contribution is 9.10. The number of hydrogen-bond donors (Lipinski definition) is 2. The van der Waals surface area contributed by atoms with Crippen LogP contribution in [-0.2, 0) is 4.79 Å². The van der Waals surface area contributed by atoms with Crippen LogP contribution < -0.4 is 4.74 Å². The van der Waals surface area contributed by atoms with Crippen molar-refractivity contribution in [2.24, 2.45) is 0 Å². The molecule has 0 spiro atoms. The van der Waals surface area contributed by atoms with Crippen molar-refractivity contribution in [3.63, 3.8) is 0 Å². The highest BCUT2D eigenvalue weighted by Crippen LogP contribution is 2.29. The van der Waals surface area contributed by atoms with Crippen LogP contribution in [0.5, 0.6) is 5.75 Å². The van der Waals surface area contributed by atoms with Crippen LogP contribution in [0.4, 0.5) is 0 Å². The Balaban J connectivity index is 2.90. The lowest BCUT2D eigenvalue weighted by molar-refractivity contribution is -0.139. The van der Waals surface area contributed by atoms with E-state index in [4.69, 9.17) is 9.84 Å². The monoisotopic (exact) mass is 274 g/mol. The first-order valence-electron chi connectivity index (χ1n) is 4.28. The Morgan fingerprint density at radius 3 is 2.80 bits per heavy atom. The van der Waals surface area contributed by atoms with Crippen LogP contribution in [0.2, 0.25) is 0 Å². The second-order valence-corrected chi connectivity index (χ2v) is 3.86. The summed E-state index contributed by atoms with van der Waals surface area (Å²) in [6.07, 6.45) is -1.32. The number of ether oxygens (including phenoxy) is 1. The van der Waals surface area contributed by atoms with E-state index in [2.05, 4.69) is 15.9 Å². The molecule has 0 amide bonds. The summed E-state index contributed by atoms with van der Waals surface area (Å²) in [4.78, 5) is 10.4. The zero-order valence-electron chi connectivity index (χ0n) is 8.11. The lowest BCUT2D eigenvalue weighted by atomic mass is 10.1. The van der Waals surface area contributed by atoms with E-state index in [1.807, 2.05) is 0 Å². The van der Waals surface area contributed by atoms with Gasteiger partial charge in [-0.3, -0.25) is 4.79 Å². The maximum Gasteiger partial charge on any atom is 0.306 e. The van der Waals surface area contributed by atoms with Gasteiger partial charge < -0.3 is 14.9 Å². The minimum atomic E-state index is -1.04. The SMILES string of the molecule is COc1cc([C@H](O)CC(=O)O)ccc1Br. The number of aliphatic hydroxyl groups is 1. The number of carboxylic acid groups (broad SMARTS) is 1. The normalized spacial score (nSPS) is 12.2. The Morgan fingerprint density at radius 1 is 1.60 bits per heavy atom. The number of benzene rings is 1. The Morgan fingerprint density at radius 2 is 2.27 bits per heavy atom. The van der Waals surface area contributed by atoms with Crippen molar-refractivity contribution < 1.29 is 19.7 Å². The van der Waals surface area contributed by atoms with Gasteiger partial charge in [-0.15, -0.1) is 0 Å². The van der Waals surface area contributed by atoms with E-state index >= 15 is 0 Å². The first kappa shape index (κ1) is 12.0. The van der Waals surface area contributed by atoms with Gasteiger partial charge in [-0.1, -0.05) is 6.07 Å². The summed E-state index contributed by atoms with van der Waals surface area (Å²) < 4.78 is 5.80. The molecule has 1 aromatic carbocycles. The third kappa shape index (κ3) is 3.21. The van der Waals surface area contributed by atoms with Crippen molar-refractivity contribution in [1.82, 2.24) is 0 Å². The summed E-state index contributed by atoms with van der Waals surface area (Å²) in [6, 6.07) is 4.97. The number of aliphatic hydroxyl groups excluding tert-OH is 1. The highest BCUT2D eigenvalue weighted by Gasteiger charge is 2.13. The van der Waals surface area contributed by atoms with Crippen LogP contribution in [0.25, 0.3) is 0 Å². The van der Waals surface area contributed by atoms with Crippen molar-refractivity contribution in [2.45, 2.75) is 12.5 Å². The molecule has 0 aromatic heterocycles. The Labute approximate surface area is 95.6 Å². The molecule has 15 heavy (non-hydrogen) atoms. The van der Waals surface area contributed by atoms with Gasteiger partial charge in [-0.2, -0.15) is 0 Å². The van der Waals surface area contributed by atoms with Crippen molar-refractivity contribution in [3.8, 4) is 5.75 Å². The van der Waals surface area contributed by atoms with Gasteiger partial charge in [0.2, 0.25) is 0 Å². The third-order valence-electron chi connectivity index (χ3n) is 1.93. The molecule has 0 bridgehead atoms. The molecule has 0 heterocycles. The molecule has 0 aliphatic heterocycles. The fraction of sp³-hybridized carbons (Fsp3) is 0.300. The lowest BCUT2D eigenvalue weighted by Crippen LogP contribution is -2.05. The molecule has 0 aliphatic carbocycles. The Hall–Kier alpha value is -1.07. The molecule has 5 heteroatoms. The topological polar surface area (TPSA) is 66.8 Å². The molecule has 0 aliphatic rings. The summed E-state index contributed by atoms with van der Waals surface area (Å²) in [7, 11) is 1.51. The predicted molar refractivity (Wildman–Crippen MR) is 57.9 cm³/mol. The fourth-order valence-corrected chi connectivity index (χ4v) is 1.58. The van der Waals surface area contributed by atoms with Crippen molar-refractivity contribution in [1.29, 1.82) is 0 Å². The van der Waals surface area contributed by atoms with Gasteiger partial charge in [-0.25, -0.2) is 0 Å². The van der Waals surface area contributed by atoms with E-state index in [0.29, 0.717) is 11.3 Å². The van der Waals surface area contributed by atoms with Gasteiger partial charge in [-0.05, 0) is 33.6 Å². The van der Waals surface area contributed by atoms with Crippen LogP contribution >= 0.6 is 15.9 Å². The third-order valence-corrected chi connectivity index (χ3v) is 2.58. The first-order chi connectivity index (χ1) is 7.04. The lowest BCUT2D eigenvalue weighted by Gasteiger charge is -2.10. The number of rotatable bonds is 4. The van der Waals surface area contributed by atoms with Gasteiger partial charge in [0.25, 0.3) is 0 Å². The van der Waals surface area contributed by atoms with Gasteiger partial charge >= 0.3 is 5.97 Å². The molecular weight excluding hydrogens is 264 g/mol. The van der Waals surface area contributed by atoms with Crippen molar-refractivity contribution >= 4 is 21.9 Å². The standard InChI is InChI=1S/C10H11BrO4/c1-15-9-4-6(2-3-7(9)11)8(12)5-10(13)14/h2-4,8,12H,5H2,1H3,(H,13,14)/t8-/m1/s1. The van der Waals surface area contributed by atoms with E-state index in [9.17, 15) is 9.90 Å². The molecule has 0 saturated carbocycles. The van der Waals surface area contributed by atoms with E-state index in [-0.39, 0.29) is 6.42 Å². The van der Waals surface area contributed by atoms with Crippen molar-refractivity contribution in [2.75, 3.05) is 7.11 Å². The average Bonchev–Trinajstić information content (AvgIpc) is 2.17. The molecule has 0 fully saturated rings. The van der Waals surface area contributed by atoms with E-state index in [1.165, 1.54) is 7.11 Å². The van der Waals surface area contributed by atoms with Crippen LogP contribution in [0, 0.1) is 0 Å². The van der Waals surface area contributed by atoms with Gasteiger partial charge in [0.1, 0.15) is 5.75 Å². The largest absolute Gasteiger partial charge is 0.496 e. The minimum Gasteiger partial charge on any atom is -0.496 e. The number of hydrogen-bond acceptors (Lipinski definition) is 3. The number of aliphatic carboxylic acids is 1. The smallest absolute Gasteiger partial charge is 0.306 e. The van der Waals surface area contributed by atoms with Crippen molar-refractivity contribution in [3.05, 3.63) is 28.2 Å². The molecule has 4 nitrogen and oxygen atoms in total. The zero-order valence-corrected chi connectivity index (χ0v) is 9.69. The van der Waals surface area contributed by atoms with E-state index < -0.39 is 12.1 Å². The number of methoxy groups -OCH3 is 1. The van der Waals surface area contributed by atoms with E-state index in [0.717, 1.165) is 4.47 Å². The number of carbonyl (C=O) groups is 1. The molecule has 0 saturated heterocycles. The van der Waals surface area contributed by atoms with Crippen LogP contribution in [0.1, 0.15) is 18.1 Å². The molecule has 0 radical (unpaired) electrons. The highest BCUT2D eigenvalue weighted by atomic mass is 79.9. The molecule has 1 rings (SSSR count). The summed E-state index contributed by atoms with van der Waals surface area (Å²) >= 11 is 3.27. The number of halogens is 1. The molecular formula is C10H11BrO4. The summed E-state index contributed by atoms with van der Waals surface area (Å²) in [5, 5.41) is 18.1. The average molecular weight is 275 g/mol. The van der Waals surface area contributed by atoms with Crippen LogP contribution in [0.3, 0.4) is 0 Å². The van der Waals surface area contributed by atoms with Crippen LogP contribution in [0.15, 0.2) is 22.7 Å². The molecule has 1 aromatic rings. The second kappa shape index (κ2) is 5.14. The predicted octanol–water partition coefficient (Wildman–Crippen LogP) is 1.97. The maximum atomic E-state index is 10.4. The minimum absolute atomic E-state index is 0.315. The second-order valence-electron chi connectivity index (χ2n) is 3.01. The zero-order chi connectivity index (χ0) is 11.4. The summed E-state index contributed by atoms with van der Waals surface area (Å²) in [6.45, 7) is 0. The Bertz CT molecular complexity index is 364. The summed E-state index contributed by atoms with van der Waals surface area (Å²) in [5.74, 6) is -0.471. The maximum absolute atomic E-state index is 10.4. The fourth-order valence-electron chi connectivity index (χ4n) is 1.17. The van der Waals surface area contributed by atoms with Gasteiger partial charge in [0.05, 0.1) is 24.1 Å². The molecule has 1 atom stereocenters.